The van der Waals surface area contributed by atoms with E-state index in [0.29, 0.717) is 12.0 Å². The first-order chi connectivity index (χ1) is 10.3. The molecule has 21 heavy (non-hydrogen) atoms. The summed E-state index contributed by atoms with van der Waals surface area (Å²) in [4.78, 5) is 11.3. The second-order valence-corrected chi connectivity index (χ2v) is 6.17. The molecule has 0 saturated heterocycles. The van der Waals surface area contributed by atoms with Crippen molar-refractivity contribution in [1.29, 1.82) is 0 Å². The molecule has 0 spiro atoms. The summed E-state index contributed by atoms with van der Waals surface area (Å²) in [7, 11) is 0. The average molecular weight is 280 g/mol. The fourth-order valence-electron chi connectivity index (χ4n) is 3.35. The molecule has 2 N–H and O–H groups in total. The van der Waals surface area contributed by atoms with Crippen LogP contribution in [0.5, 0.6) is 0 Å². The quantitative estimate of drug-likeness (QED) is 0.916. The Balaban J connectivity index is 1.56. The third kappa shape index (κ3) is 2.40. The lowest BCUT2D eigenvalue weighted by Gasteiger charge is -2.33. The number of hydrogen-bond acceptors (Lipinski definition) is 4. The molecule has 2 aliphatic rings. The van der Waals surface area contributed by atoms with E-state index >= 15 is 0 Å². The Morgan fingerprint density at radius 2 is 1.90 bits per heavy atom. The van der Waals surface area contributed by atoms with E-state index in [0.717, 1.165) is 43.9 Å². The minimum absolute atomic E-state index is 0.357. The Labute approximate surface area is 125 Å². The zero-order chi connectivity index (χ0) is 14.2. The predicted octanol–water partition coefficient (Wildman–Crippen LogP) is 2.24. The Morgan fingerprint density at radius 3 is 2.71 bits per heavy atom. The van der Waals surface area contributed by atoms with Crippen LogP contribution in [0.2, 0.25) is 0 Å². The molecule has 0 unspecified atom stereocenters. The molecule has 0 bridgehead atoms. The molecular weight excluding hydrogens is 260 g/mol. The van der Waals surface area contributed by atoms with Crippen molar-refractivity contribution in [3.63, 3.8) is 0 Å². The zero-order valence-electron chi connectivity index (χ0n) is 12.1. The molecule has 0 atom stereocenters. The van der Waals surface area contributed by atoms with E-state index < -0.39 is 0 Å². The maximum atomic E-state index is 5.89. The second-order valence-electron chi connectivity index (χ2n) is 6.17. The van der Waals surface area contributed by atoms with E-state index in [9.17, 15) is 0 Å². The van der Waals surface area contributed by atoms with E-state index in [2.05, 4.69) is 45.2 Å². The molecule has 1 aliphatic carbocycles. The lowest BCUT2D eigenvalue weighted by molar-refractivity contribution is 0.345. The summed E-state index contributed by atoms with van der Waals surface area (Å²) in [6.07, 6.45) is 4.90. The summed E-state index contributed by atoms with van der Waals surface area (Å²) in [5.74, 6) is 1.58. The number of benzene rings is 1. The van der Waals surface area contributed by atoms with E-state index in [1.54, 1.807) is 6.33 Å². The highest BCUT2D eigenvalue weighted by Gasteiger charge is 2.29. The first kappa shape index (κ1) is 12.8. The van der Waals surface area contributed by atoms with Gasteiger partial charge in [0, 0.05) is 36.8 Å². The van der Waals surface area contributed by atoms with Crippen molar-refractivity contribution in [2.45, 2.75) is 37.8 Å². The van der Waals surface area contributed by atoms with Gasteiger partial charge in [0.05, 0.1) is 0 Å². The van der Waals surface area contributed by atoms with Crippen LogP contribution >= 0.6 is 0 Å². The first-order valence-corrected chi connectivity index (χ1v) is 7.69. The number of nitrogens with zero attached hydrogens (tertiary/aromatic N) is 3. The highest BCUT2D eigenvalue weighted by molar-refractivity contribution is 5.45. The van der Waals surface area contributed by atoms with Crippen LogP contribution in [0, 0.1) is 0 Å². The van der Waals surface area contributed by atoms with Crippen molar-refractivity contribution in [2.75, 3.05) is 11.4 Å². The van der Waals surface area contributed by atoms with Crippen LogP contribution < -0.4 is 10.6 Å². The first-order valence-electron chi connectivity index (χ1n) is 7.69. The smallest absolute Gasteiger partial charge is 0.132 e. The molecule has 1 aliphatic heterocycles. The number of hydrogen-bond donors (Lipinski definition) is 1. The normalized spacial score (nSPS) is 24.3. The Kier molecular flexibility index (Phi) is 3.11. The predicted molar refractivity (Wildman–Crippen MR) is 83.2 cm³/mol. The molecule has 108 valence electrons. The van der Waals surface area contributed by atoms with Crippen LogP contribution in [0.1, 0.15) is 35.6 Å². The number of aromatic nitrogens is 2. The Bertz CT molecular complexity index is 649. The van der Waals surface area contributed by atoms with Gasteiger partial charge >= 0.3 is 0 Å². The number of anilines is 1. The molecular formula is C17H20N4. The van der Waals surface area contributed by atoms with Crippen LogP contribution in [-0.2, 0) is 13.0 Å². The van der Waals surface area contributed by atoms with Crippen LogP contribution in [0.4, 0.5) is 5.82 Å². The maximum Gasteiger partial charge on any atom is 0.132 e. The fourth-order valence-corrected chi connectivity index (χ4v) is 3.35. The topological polar surface area (TPSA) is 55.0 Å². The van der Waals surface area contributed by atoms with Gasteiger partial charge in [-0.15, -0.1) is 0 Å². The standard InChI is InChI=1S/C17H20N4/c18-15-7-14(8-15)16-9-17(20-11-19-16)21-6-5-12-3-1-2-4-13(12)10-21/h1-4,9,11,14-15H,5-8,10,18H2. The van der Waals surface area contributed by atoms with Gasteiger partial charge in [-0.2, -0.15) is 0 Å². The molecule has 1 aromatic heterocycles. The van der Waals surface area contributed by atoms with Crippen molar-refractivity contribution in [1.82, 2.24) is 9.97 Å². The molecule has 0 radical (unpaired) electrons. The van der Waals surface area contributed by atoms with Crippen molar-refractivity contribution in [3.8, 4) is 0 Å². The number of rotatable bonds is 2. The van der Waals surface area contributed by atoms with Gasteiger partial charge in [0.25, 0.3) is 0 Å². The van der Waals surface area contributed by atoms with E-state index in [4.69, 9.17) is 5.73 Å². The third-order valence-electron chi connectivity index (χ3n) is 4.72. The molecule has 4 nitrogen and oxygen atoms in total. The molecule has 2 aromatic rings. The third-order valence-corrected chi connectivity index (χ3v) is 4.72. The van der Waals surface area contributed by atoms with Gasteiger partial charge in [-0.1, -0.05) is 24.3 Å². The van der Waals surface area contributed by atoms with Gasteiger partial charge in [0.2, 0.25) is 0 Å². The van der Waals surface area contributed by atoms with Crippen molar-refractivity contribution >= 4 is 5.82 Å². The molecule has 1 aromatic carbocycles. The van der Waals surface area contributed by atoms with E-state index in [1.807, 2.05) is 0 Å². The van der Waals surface area contributed by atoms with Gasteiger partial charge in [-0.05, 0) is 30.4 Å². The van der Waals surface area contributed by atoms with Gasteiger partial charge in [-0.25, -0.2) is 9.97 Å². The summed E-state index contributed by atoms with van der Waals surface area (Å²) in [6.45, 7) is 1.97. The second kappa shape index (κ2) is 5.11. The summed E-state index contributed by atoms with van der Waals surface area (Å²) >= 11 is 0. The minimum Gasteiger partial charge on any atom is -0.352 e. The SMILES string of the molecule is NC1CC(c2cc(N3CCc4ccccc4C3)ncn2)C1. The van der Waals surface area contributed by atoms with Crippen molar-refractivity contribution < 1.29 is 0 Å². The van der Waals surface area contributed by atoms with Crippen molar-refractivity contribution in [2.24, 2.45) is 5.73 Å². The lowest BCUT2D eigenvalue weighted by atomic mass is 9.78. The molecule has 1 fully saturated rings. The molecule has 4 heteroatoms. The van der Waals surface area contributed by atoms with Crippen LogP contribution in [0.15, 0.2) is 36.7 Å². The monoisotopic (exact) mass is 280 g/mol. The highest BCUT2D eigenvalue weighted by atomic mass is 15.2. The molecule has 2 heterocycles. The largest absolute Gasteiger partial charge is 0.352 e. The Hall–Kier alpha value is -1.94. The lowest BCUT2D eigenvalue weighted by Crippen LogP contribution is -2.35. The number of fused-ring (bicyclic) bond motifs is 1. The van der Waals surface area contributed by atoms with Crippen LogP contribution in [0.25, 0.3) is 0 Å². The van der Waals surface area contributed by atoms with E-state index in [-0.39, 0.29) is 0 Å². The van der Waals surface area contributed by atoms with Crippen LogP contribution in [-0.4, -0.2) is 22.6 Å². The van der Waals surface area contributed by atoms with Gasteiger partial charge in [0.15, 0.2) is 0 Å². The summed E-state index contributed by atoms with van der Waals surface area (Å²) < 4.78 is 0. The van der Waals surface area contributed by atoms with Crippen LogP contribution in [0.3, 0.4) is 0 Å². The summed E-state index contributed by atoms with van der Waals surface area (Å²) in [6, 6.07) is 11.2. The summed E-state index contributed by atoms with van der Waals surface area (Å²) in [5.41, 5.74) is 9.92. The maximum absolute atomic E-state index is 5.89. The van der Waals surface area contributed by atoms with E-state index in [1.165, 1.54) is 11.1 Å². The molecule has 0 amide bonds. The molecule has 4 rings (SSSR count). The fraction of sp³-hybridized carbons (Fsp3) is 0.412. The minimum atomic E-state index is 0.357. The van der Waals surface area contributed by atoms with Gasteiger partial charge in [-0.3, -0.25) is 0 Å². The van der Waals surface area contributed by atoms with Gasteiger partial charge in [0.1, 0.15) is 12.1 Å². The number of nitrogens with two attached hydrogens (primary N) is 1. The van der Waals surface area contributed by atoms with Gasteiger partial charge < -0.3 is 10.6 Å². The summed E-state index contributed by atoms with van der Waals surface area (Å²) in [5, 5.41) is 0. The molecule has 1 saturated carbocycles. The van der Waals surface area contributed by atoms with Crippen molar-refractivity contribution in [3.05, 3.63) is 53.5 Å². The Morgan fingerprint density at radius 1 is 1.10 bits per heavy atom. The average Bonchev–Trinajstić information content (AvgIpc) is 2.51. The highest BCUT2D eigenvalue weighted by Crippen LogP contribution is 2.35. The zero-order valence-corrected chi connectivity index (χ0v) is 12.1.